The van der Waals surface area contributed by atoms with Crippen LogP contribution in [-0.2, 0) is 4.74 Å². The van der Waals surface area contributed by atoms with Crippen LogP contribution in [0.2, 0.25) is 0 Å². The van der Waals surface area contributed by atoms with Gasteiger partial charge in [0.25, 0.3) is 0 Å². The molecule has 2 aromatic carbocycles. The number of carbonyl (C=O) groups is 2. The smallest absolute Gasteiger partial charge is 0.341 e. The predicted octanol–water partition coefficient (Wildman–Crippen LogP) is 5.20. The van der Waals surface area contributed by atoms with Crippen molar-refractivity contribution in [3.8, 4) is 0 Å². The number of esters is 1. The molecule has 1 heterocycles. The number of rotatable bonds is 6. The van der Waals surface area contributed by atoms with Gasteiger partial charge in [-0.05, 0) is 32.2 Å². The number of ether oxygens (including phenoxy) is 1. The summed E-state index contributed by atoms with van der Waals surface area (Å²) in [7, 11) is 0. The van der Waals surface area contributed by atoms with E-state index in [0.29, 0.717) is 21.7 Å². The van der Waals surface area contributed by atoms with Crippen molar-refractivity contribution >= 4 is 23.5 Å². The molecule has 0 fully saturated rings. The number of hydrogen-bond donors (Lipinski definition) is 0. The van der Waals surface area contributed by atoms with Crippen LogP contribution in [0, 0.1) is 13.8 Å². The zero-order valence-electron chi connectivity index (χ0n) is 16.0. The van der Waals surface area contributed by atoms with Crippen molar-refractivity contribution in [1.29, 1.82) is 0 Å². The fraction of sp³-hybridized carbons (Fsp3) is 0.174. The van der Waals surface area contributed by atoms with E-state index in [4.69, 9.17) is 4.74 Å². The molecule has 0 aliphatic carbocycles. The van der Waals surface area contributed by atoms with E-state index >= 15 is 0 Å². The first-order valence-electron chi connectivity index (χ1n) is 8.87. The van der Waals surface area contributed by atoms with Gasteiger partial charge in [-0.15, -0.1) is 11.8 Å². The van der Waals surface area contributed by atoms with Crippen molar-refractivity contribution in [2.75, 3.05) is 6.26 Å². The summed E-state index contributed by atoms with van der Waals surface area (Å²) < 4.78 is 5.71. The van der Waals surface area contributed by atoms with Crippen LogP contribution in [0.1, 0.15) is 43.5 Å². The Hall–Kier alpha value is -2.92. The van der Waals surface area contributed by atoms with Crippen molar-refractivity contribution in [2.24, 2.45) is 0 Å². The molecule has 3 aromatic rings. The molecule has 5 heteroatoms. The van der Waals surface area contributed by atoms with Crippen LogP contribution < -0.4 is 0 Å². The number of ketones is 1. The van der Waals surface area contributed by atoms with Gasteiger partial charge in [0, 0.05) is 17.3 Å². The van der Waals surface area contributed by atoms with Crippen molar-refractivity contribution in [2.45, 2.75) is 25.0 Å². The number of thioether (sulfide) groups is 1. The average molecular weight is 391 g/mol. The number of nitrogens with zero attached hydrogens (tertiary/aromatic N) is 1. The lowest BCUT2D eigenvalue weighted by Crippen LogP contribution is -2.21. The molecule has 142 valence electrons. The Kier molecular flexibility index (Phi) is 6.26. The second-order valence-electron chi connectivity index (χ2n) is 6.49. The fourth-order valence-electron chi connectivity index (χ4n) is 2.76. The molecule has 1 atom stereocenters. The Morgan fingerprint density at radius 3 is 2.14 bits per heavy atom. The van der Waals surface area contributed by atoms with Crippen LogP contribution in [0.5, 0.6) is 0 Å². The van der Waals surface area contributed by atoms with Crippen LogP contribution in [0.15, 0.2) is 71.9 Å². The number of aromatic nitrogens is 1. The van der Waals surface area contributed by atoms with Crippen molar-refractivity contribution in [3.05, 3.63) is 94.7 Å². The Morgan fingerprint density at radius 1 is 0.929 bits per heavy atom. The van der Waals surface area contributed by atoms with Gasteiger partial charge in [-0.25, -0.2) is 9.78 Å². The van der Waals surface area contributed by atoms with Gasteiger partial charge < -0.3 is 4.74 Å². The summed E-state index contributed by atoms with van der Waals surface area (Å²) in [6.45, 7) is 3.92. The van der Waals surface area contributed by atoms with Crippen LogP contribution in [0.25, 0.3) is 0 Å². The van der Waals surface area contributed by atoms with E-state index in [-0.39, 0.29) is 5.78 Å². The Balaban J connectivity index is 1.96. The van der Waals surface area contributed by atoms with E-state index in [2.05, 4.69) is 4.98 Å². The first kappa shape index (κ1) is 19.8. The van der Waals surface area contributed by atoms with Gasteiger partial charge in [0.2, 0.25) is 5.78 Å². The third-order valence-corrected chi connectivity index (χ3v) is 5.08. The molecule has 1 aromatic heterocycles. The van der Waals surface area contributed by atoms with E-state index < -0.39 is 12.1 Å². The summed E-state index contributed by atoms with van der Waals surface area (Å²) in [5, 5.41) is 0.568. The molecule has 0 saturated heterocycles. The summed E-state index contributed by atoms with van der Waals surface area (Å²) in [4.78, 5) is 30.2. The van der Waals surface area contributed by atoms with E-state index in [1.807, 2.05) is 56.5 Å². The fourth-order valence-corrected chi connectivity index (χ4v) is 3.30. The van der Waals surface area contributed by atoms with Gasteiger partial charge >= 0.3 is 5.97 Å². The highest BCUT2D eigenvalue weighted by atomic mass is 32.2. The number of carbonyl (C=O) groups excluding carboxylic acids is 2. The van der Waals surface area contributed by atoms with E-state index in [1.165, 1.54) is 11.8 Å². The minimum Gasteiger partial charge on any atom is -0.445 e. The number of hydrogen-bond acceptors (Lipinski definition) is 5. The zero-order chi connectivity index (χ0) is 20.1. The maximum Gasteiger partial charge on any atom is 0.341 e. The molecule has 0 aliphatic rings. The average Bonchev–Trinajstić information content (AvgIpc) is 2.72. The van der Waals surface area contributed by atoms with Gasteiger partial charge in [0.05, 0.1) is 5.56 Å². The summed E-state index contributed by atoms with van der Waals surface area (Å²) in [6.07, 6.45) is 2.44. The van der Waals surface area contributed by atoms with Crippen LogP contribution in [-0.4, -0.2) is 23.0 Å². The lowest BCUT2D eigenvalue weighted by Gasteiger charge is -2.18. The molecular formula is C23H21NO3S. The molecule has 0 radical (unpaired) electrons. The van der Waals surface area contributed by atoms with E-state index in [0.717, 1.165) is 11.1 Å². The van der Waals surface area contributed by atoms with E-state index in [1.54, 1.807) is 30.5 Å². The summed E-state index contributed by atoms with van der Waals surface area (Å²) in [6, 6.07) is 18.0. The molecular weight excluding hydrogens is 370 g/mol. The largest absolute Gasteiger partial charge is 0.445 e. The maximum atomic E-state index is 13.2. The standard InChI is InChI=1S/C23H21NO3S/c1-15-6-10-17(11-7-15)20(25)21(18-12-8-16(2)9-13-18)27-23(26)19-5-4-14-24-22(19)28-3/h4-14,21H,1-3H3/t21-/m1/s1. The van der Waals surface area contributed by atoms with Crippen LogP contribution in [0.3, 0.4) is 0 Å². The summed E-state index contributed by atoms with van der Waals surface area (Å²) in [5.74, 6) is -0.824. The predicted molar refractivity (Wildman–Crippen MR) is 111 cm³/mol. The highest BCUT2D eigenvalue weighted by Crippen LogP contribution is 2.26. The molecule has 3 rings (SSSR count). The van der Waals surface area contributed by atoms with Gasteiger partial charge in [-0.2, -0.15) is 0 Å². The molecule has 0 spiro atoms. The molecule has 0 unspecified atom stereocenters. The quantitative estimate of drug-likeness (QED) is 0.328. The number of aryl methyl sites for hydroxylation is 2. The minimum atomic E-state index is -1.02. The van der Waals surface area contributed by atoms with Crippen LogP contribution in [0.4, 0.5) is 0 Å². The topological polar surface area (TPSA) is 56.3 Å². The Labute approximate surface area is 169 Å². The van der Waals surface area contributed by atoms with Gasteiger partial charge in [-0.3, -0.25) is 4.79 Å². The first-order valence-corrected chi connectivity index (χ1v) is 10.1. The molecule has 0 amide bonds. The molecule has 28 heavy (non-hydrogen) atoms. The molecule has 0 bridgehead atoms. The highest BCUT2D eigenvalue weighted by molar-refractivity contribution is 7.98. The summed E-state index contributed by atoms with van der Waals surface area (Å²) in [5.41, 5.74) is 3.61. The zero-order valence-corrected chi connectivity index (χ0v) is 16.8. The third-order valence-electron chi connectivity index (χ3n) is 4.36. The van der Waals surface area contributed by atoms with Crippen molar-refractivity contribution < 1.29 is 14.3 Å². The number of pyridine rings is 1. The number of benzene rings is 2. The van der Waals surface area contributed by atoms with Gasteiger partial charge in [0.1, 0.15) is 5.03 Å². The van der Waals surface area contributed by atoms with Gasteiger partial charge in [-0.1, -0.05) is 59.7 Å². The highest BCUT2D eigenvalue weighted by Gasteiger charge is 2.27. The Morgan fingerprint density at radius 2 is 1.54 bits per heavy atom. The SMILES string of the molecule is CSc1ncccc1C(=O)O[C@@H](C(=O)c1ccc(C)cc1)c1ccc(C)cc1. The third kappa shape index (κ3) is 4.49. The molecule has 4 nitrogen and oxygen atoms in total. The second kappa shape index (κ2) is 8.85. The monoisotopic (exact) mass is 391 g/mol. The lowest BCUT2D eigenvalue weighted by molar-refractivity contribution is 0.0276. The molecule has 0 aliphatic heterocycles. The van der Waals surface area contributed by atoms with Crippen molar-refractivity contribution in [3.63, 3.8) is 0 Å². The maximum absolute atomic E-state index is 13.2. The minimum absolute atomic E-state index is 0.258. The Bertz CT molecular complexity index is 981. The molecule has 0 N–H and O–H groups in total. The van der Waals surface area contributed by atoms with Crippen molar-refractivity contribution in [1.82, 2.24) is 4.98 Å². The van der Waals surface area contributed by atoms with Gasteiger partial charge in [0.15, 0.2) is 6.10 Å². The van der Waals surface area contributed by atoms with Crippen LogP contribution >= 0.6 is 11.8 Å². The number of Topliss-reactive ketones (excluding diaryl/α,β-unsaturated/α-hetero) is 1. The second-order valence-corrected chi connectivity index (χ2v) is 7.28. The summed E-state index contributed by atoms with van der Waals surface area (Å²) >= 11 is 1.36. The normalized spacial score (nSPS) is 11.7. The molecule has 0 saturated carbocycles. The first-order chi connectivity index (χ1) is 13.5. The van der Waals surface area contributed by atoms with E-state index in [9.17, 15) is 9.59 Å². The lowest BCUT2D eigenvalue weighted by atomic mass is 9.98.